The molecule has 0 unspecified atom stereocenters. The number of nitrogens with one attached hydrogen (secondary N) is 2. The number of methoxy groups -OCH3 is 2. The van der Waals surface area contributed by atoms with Crippen LogP contribution in [0.1, 0.15) is 5.56 Å². The first-order valence-corrected chi connectivity index (χ1v) is 8.29. The van der Waals surface area contributed by atoms with Gasteiger partial charge in [0.25, 0.3) is 17.5 Å². The fourth-order valence-corrected chi connectivity index (χ4v) is 2.15. The molecule has 0 radical (unpaired) electrons. The normalized spacial score (nSPS) is 10.3. The SMILES string of the molecule is COc1ccc(C=CC(=O)NNC(=O)COc2ccc([N+](=O)[O-])cc2)cc1OC. The Balaban J connectivity index is 1.78. The summed E-state index contributed by atoms with van der Waals surface area (Å²) in [6, 6.07) is 10.4. The third-order valence-electron chi connectivity index (χ3n) is 3.58. The fourth-order valence-electron chi connectivity index (χ4n) is 2.15. The largest absolute Gasteiger partial charge is 0.493 e. The second-order valence-electron chi connectivity index (χ2n) is 5.52. The van der Waals surface area contributed by atoms with Crippen LogP contribution in [-0.2, 0) is 9.59 Å². The van der Waals surface area contributed by atoms with Crippen LogP contribution < -0.4 is 25.1 Å². The molecule has 152 valence electrons. The van der Waals surface area contributed by atoms with Crippen molar-refractivity contribution < 1.29 is 28.7 Å². The van der Waals surface area contributed by atoms with Gasteiger partial charge in [-0.25, -0.2) is 0 Å². The number of ether oxygens (including phenoxy) is 3. The Bertz CT molecular complexity index is 911. The summed E-state index contributed by atoms with van der Waals surface area (Å²) in [7, 11) is 3.03. The van der Waals surface area contributed by atoms with Gasteiger partial charge in [0.1, 0.15) is 5.75 Å². The minimum absolute atomic E-state index is 0.0877. The predicted octanol–water partition coefficient (Wildman–Crippen LogP) is 1.85. The zero-order valence-corrected chi connectivity index (χ0v) is 15.7. The van der Waals surface area contributed by atoms with E-state index in [1.165, 1.54) is 50.6 Å². The van der Waals surface area contributed by atoms with Gasteiger partial charge in [-0.2, -0.15) is 0 Å². The van der Waals surface area contributed by atoms with Crippen LogP contribution in [0.15, 0.2) is 48.5 Å². The molecule has 29 heavy (non-hydrogen) atoms. The standard InChI is InChI=1S/C19H19N3O7/c1-27-16-9-3-13(11-17(16)28-2)4-10-18(23)20-21-19(24)12-29-15-7-5-14(6-8-15)22(25)26/h3-11H,12H2,1-2H3,(H,20,23)(H,21,24). The number of benzene rings is 2. The van der Waals surface area contributed by atoms with Gasteiger partial charge in [0.05, 0.1) is 19.1 Å². The molecule has 0 fully saturated rings. The number of hydrogen-bond donors (Lipinski definition) is 2. The highest BCUT2D eigenvalue weighted by atomic mass is 16.6. The molecule has 0 aliphatic heterocycles. The van der Waals surface area contributed by atoms with Crippen molar-refractivity contribution in [2.75, 3.05) is 20.8 Å². The van der Waals surface area contributed by atoms with Crippen molar-refractivity contribution in [2.45, 2.75) is 0 Å². The Labute approximate surface area is 166 Å². The summed E-state index contributed by atoms with van der Waals surface area (Å²) in [5.41, 5.74) is 5.02. The average molecular weight is 401 g/mol. The highest BCUT2D eigenvalue weighted by Crippen LogP contribution is 2.27. The Kier molecular flexibility index (Phi) is 7.54. The van der Waals surface area contributed by atoms with Crippen molar-refractivity contribution in [1.29, 1.82) is 0 Å². The molecule has 0 saturated carbocycles. The van der Waals surface area contributed by atoms with Crippen LogP contribution in [0, 0.1) is 10.1 Å². The van der Waals surface area contributed by atoms with E-state index in [4.69, 9.17) is 14.2 Å². The number of carbonyl (C=O) groups excluding carboxylic acids is 2. The predicted molar refractivity (Wildman–Crippen MR) is 103 cm³/mol. The maximum Gasteiger partial charge on any atom is 0.276 e. The van der Waals surface area contributed by atoms with E-state index >= 15 is 0 Å². The quantitative estimate of drug-likeness (QED) is 0.392. The lowest BCUT2D eigenvalue weighted by Gasteiger charge is -2.08. The second-order valence-corrected chi connectivity index (χ2v) is 5.52. The third kappa shape index (κ3) is 6.54. The van der Waals surface area contributed by atoms with E-state index in [1.807, 2.05) is 0 Å². The molecule has 0 spiro atoms. The Morgan fingerprint density at radius 2 is 1.72 bits per heavy atom. The topological polar surface area (TPSA) is 129 Å². The van der Waals surface area contributed by atoms with Crippen molar-refractivity contribution in [3.8, 4) is 17.2 Å². The zero-order valence-electron chi connectivity index (χ0n) is 15.7. The summed E-state index contributed by atoms with van der Waals surface area (Å²) in [5, 5.41) is 10.6. The zero-order chi connectivity index (χ0) is 21.2. The van der Waals surface area contributed by atoms with Crippen LogP contribution >= 0.6 is 0 Å². The number of carbonyl (C=O) groups is 2. The molecule has 2 amide bonds. The Morgan fingerprint density at radius 3 is 2.34 bits per heavy atom. The summed E-state index contributed by atoms with van der Waals surface area (Å²) < 4.78 is 15.5. The van der Waals surface area contributed by atoms with Gasteiger partial charge in [0, 0.05) is 18.2 Å². The molecule has 0 saturated heterocycles. The van der Waals surface area contributed by atoms with E-state index in [9.17, 15) is 19.7 Å². The first-order valence-electron chi connectivity index (χ1n) is 8.29. The number of hydrogen-bond acceptors (Lipinski definition) is 7. The first kappa shape index (κ1) is 21.2. The van der Waals surface area contributed by atoms with E-state index in [1.54, 1.807) is 18.2 Å². The molecule has 0 heterocycles. The summed E-state index contributed by atoms with van der Waals surface area (Å²) in [6.07, 6.45) is 2.77. The van der Waals surface area contributed by atoms with Gasteiger partial charge in [0.2, 0.25) is 0 Å². The van der Waals surface area contributed by atoms with Gasteiger partial charge in [-0.15, -0.1) is 0 Å². The number of rotatable bonds is 8. The van der Waals surface area contributed by atoms with E-state index in [-0.39, 0.29) is 18.0 Å². The number of nitrogens with zero attached hydrogens (tertiary/aromatic N) is 1. The smallest absolute Gasteiger partial charge is 0.276 e. The van der Waals surface area contributed by atoms with Crippen LogP contribution in [0.5, 0.6) is 17.2 Å². The van der Waals surface area contributed by atoms with Crippen molar-refractivity contribution >= 4 is 23.6 Å². The number of nitro benzene ring substituents is 1. The van der Waals surface area contributed by atoms with Gasteiger partial charge >= 0.3 is 0 Å². The molecular formula is C19H19N3O7. The molecule has 0 bridgehead atoms. The molecule has 0 aliphatic carbocycles. The van der Waals surface area contributed by atoms with Crippen LogP contribution in [0.4, 0.5) is 5.69 Å². The molecule has 2 N–H and O–H groups in total. The van der Waals surface area contributed by atoms with Gasteiger partial charge in [0.15, 0.2) is 18.1 Å². The molecule has 2 aromatic rings. The van der Waals surface area contributed by atoms with Crippen LogP contribution in [0.3, 0.4) is 0 Å². The molecule has 0 aromatic heterocycles. The van der Waals surface area contributed by atoms with Gasteiger partial charge in [-0.1, -0.05) is 6.07 Å². The Hall–Kier alpha value is -4.08. The molecule has 2 rings (SSSR count). The molecule has 0 aliphatic rings. The molecular weight excluding hydrogens is 382 g/mol. The lowest BCUT2D eigenvalue weighted by Crippen LogP contribution is -2.43. The number of non-ortho nitro benzene ring substituents is 1. The average Bonchev–Trinajstić information content (AvgIpc) is 2.74. The van der Waals surface area contributed by atoms with Gasteiger partial charge < -0.3 is 14.2 Å². The van der Waals surface area contributed by atoms with Crippen molar-refractivity contribution in [1.82, 2.24) is 10.9 Å². The Morgan fingerprint density at radius 1 is 1.03 bits per heavy atom. The molecule has 10 nitrogen and oxygen atoms in total. The van der Waals surface area contributed by atoms with E-state index in [0.29, 0.717) is 17.1 Å². The minimum atomic E-state index is -0.601. The highest BCUT2D eigenvalue weighted by Gasteiger charge is 2.07. The minimum Gasteiger partial charge on any atom is -0.493 e. The van der Waals surface area contributed by atoms with Gasteiger partial charge in [-0.3, -0.25) is 30.6 Å². The van der Waals surface area contributed by atoms with E-state index in [0.717, 1.165) is 0 Å². The summed E-state index contributed by atoms with van der Waals surface area (Å²) >= 11 is 0. The van der Waals surface area contributed by atoms with Crippen molar-refractivity contribution in [3.63, 3.8) is 0 Å². The monoisotopic (exact) mass is 401 g/mol. The molecule has 2 aromatic carbocycles. The highest BCUT2D eigenvalue weighted by molar-refractivity contribution is 5.93. The number of amides is 2. The summed E-state index contributed by atoms with van der Waals surface area (Å²) in [4.78, 5) is 33.5. The van der Waals surface area contributed by atoms with Crippen LogP contribution in [-0.4, -0.2) is 37.6 Å². The van der Waals surface area contributed by atoms with Crippen molar-refractivity contribution in [3.05, 3.63) is 64.2 Å². The number of nitro groups is 1. The van der Waals surface area contributed by atoms with E-state index in [2.05, 4.69) is 10.9 Å². The summed E-state index contributed by atoms with van der Waals surface area (Å²) in [5.74, 6) is 0.214. The number of hydrazine groups is 1. The molecule has 0 atom stereocenters. The van der Waals surface area contributed by atoms with Crippen molar-refractivity contribution in [2.24, 2.45) is 0 Å². The lowest BCUT2D eigenvalue weighted by atomic mass is 10.2. The van der Waals surface area contributed by atoms with E-state index < -0.39 is 16.7 Å². The summed E-state index contributed by atoms with van der Waals surface area (Å²) in [6.45, 7) is -0.377. The molecule has 10 heteroatoms. The second kappa shape index (κ2) is 10.3. The fraction of sp³-hybridized carbons (Fsp3) is 0.158. The van der Waals surface area contributed by atoms with Crippen LogP contribution in [0.2, 0.25) is 0 Å². The maximum atomic E-state index is 11.8. The maximum absolute atomic E-state index is 11.8. The lowest BCUT2D eigenvalue weighted by molar-refractivity contribution is -0.384. The van der Waals surface area contributed by atoms with Gasteiger partial charge in [-0.05, 0) is 35.9 Å². The third-order valence-corrected chi connectivity index (χ3v) is 3.58. The van der Waals surface area contributed by atoms with Crippen LogP contribution in [0.25, 0.3) is 6.08 Å². The first-order chi connectivity index (χ1) is 13.9.